The van der Waals surface area contributed by atoms with E-state index in [1.807, 2.05) is 25.1 Å². The molecule has 34 heavy (non-hydrogen) atoms. The van der Waals surface area contributed by atoms with Crippen LogP contribution in [0.25, 0.3) is 10.9 Å². The largest absolute Gasteiger partial charge is 0.508 e. The molecule has 176 valence electrons. The summed E-state index contributed by atoms with van der Waals surface area (Å²) in [5.41, 5.74) is 2.68. The van der Waals surface area contributed by atoms with Crippen LogP contribution in [0.5, 0.6) is 5.75 Å². The zero-order chi connectivity index (χ0) is 23.6. The van der Waals surface area contributed by atoms with Crippen molar-refractivity contribution < 1.29 is 14.7 Å². The van der Waals surface area contributed by atoms with Gasteiger partial charge >= 0.3 is 6.03 Å². The molecule has 0 unspecified atom stereocenters. The second-order valence-electron chi connectivity index (χ2n) is 9.85. The molecule has 8 heteroatoms. The number of H-pyrrole nitrogens is 1. The van der Waals surface area contributed by atoms with Crippen LogP contribution in [0.2, 0.25) is 0 Å². The highest BCUT2D eigenvalue weighted by atomic mass is 79.9. The van der Waals surface area contributed by atoms with Gasteiger partial charge in [0, 0.05) is 40.1 Å². The number of hydrogen-bond donors (Lipinski definition) is 3. The fraction of sp³-hybridized carbons (Fsp3) is 0.385. The number of halogens is 1. The van der Waals surface area contributed by atoms with Crippen molar-refractivity contribution in [3.8, 4) is 5.75 Å². The van der Waals surface area contributed by atoms with Gasteiger partial charge in [-0.3, -0.25) is 14.6 Å². The van der Waals surface area contributed by atoms with E-state index in [0.717, 1.165) is 45.2 Å². The normalized spacial score (nSPS) is 24.1. The van der Waals surface area contributed by atoms with E-state index in [4.69, 9.17) is 0 Å². The second kappa shape index (κ2) is 7.85. The molecule has 0 spiro atoms. The van der Waals surface area contributed by atoms with Crippen molar-refractivity contribution in [2.45, 2.75) is 50.2 Å². The molecule has 7 nitrogen and oxygen atoms in total. The maximum atomic E-state index is 13.8. The fourth-order valence-electron chi connectivity index (χ4n) is 5.55. The SMILES string of the molecule is C[C@@]12Cc3c([nH]c4ccc(Br)cc34)[C@@H](c3cccc(O)c3)N1C(=O)N(CCCNC1CC1)C2=O. The number of nitrogens with zero attached hydrogens (tertiary/aromatic N) is 2. The molecule has 1 aromatic heterocycles. The Kier molecular flexibility index (Phi) is 5.00. The van der Waals surface area contributed by atoms with Gasteiger partial charge in [0.2, 0.25) is 0 Å². The Labute approximate surface area is 206 Å². The van der Waals surface area contributed by atoms with Crippen LogP contribution in [0.4, 0.5) is 4.79 Å². The molecule has 3 N–H and O–H groups in total. The van der Waals surface area contributed by atoms with Crippen molar-refractivity contribution in [3.05, 3.63) is 63.8 Å². The van der Waals surface area contributed by atoms with Crippen LogP contribution in [0.1, 0.15) is 49.0 Å². The lowest BCUT2D eigenvalue weighted by Gasteiger charge is -2.42. The van der Waals surface area contributed by atoms with Crippen LogP contribution in [0.3, 0.4) is 0 Å². The average Bonchev–Trinajstić information content (AvgIpc) is 3.54. The van der Waals surface area contributed by atoms with E-state index in [9.17, 15) is 14.7 Å². The van der Waals surface area contributed by atoms with Crippen LogP contribution < -0.4 is 5.32 Å². The smallest absolute Gasteiger partial charge is 0.328 e. The quantitative estimate of drug-likeness (QED) is 0.329. The highest BCUT2D eigenvalue weighted by Crippen LogP contribution is 2.49. The Bertz CT molecular complexity index is 1320. The third-order valence-electron chi connectivity index (χ3n) is 7.38. The van der Waals surface area contributed by atoms with Gasteiger partial charge in [-0.05, 0) is 74.2 Å². The fourth-order valence-corrected chi connectivity index (χ4v) is 5.92. The Morgan fingerprint density at radius 3 is 2.79 bits per heavy atom. The number of phenolic OH excluding ortho intramolecular Hbond substituents is 1. The number of nitrogens with one attached hydrogen (secondary N) is 2. The molecule has 1 aliphatic carbocycles. The lowest BCUT2D eigenvalue weighted by Crippen LogP contribution is -2.53. The number of aromatic hydroxyl groups is 1. The number of amides is 3. The van der Waals surface area contributed by atoms with E-state index in [0.29, 0.717) is 19.0 Å². The van der Waals surface area contributed by atoms with Crippen LogP contribution in [0.15, 0.2) is 46.9 Å². The Hall–Kier alpha value is -2.84. The molecule has 2 fully saturated rings. The third-order valence-corrected chi connectivity index (χ3v) is 7.88. The van der Waals surface area contributed by atoms with Gasteiger partial charge in [0.15, 0.2) is 0 Å². The highest BCUT2D eigenvalue weighted by molar-refractivity contribution is 9.10. The molecule has 3 amide bonds. The van der Waals surface area contributed by atoms with Crippen molar-refractivity contribution in [1.82, 2.24) is 20.1 Å². The Balaban J connectivity index is 1.44. The number of carbonyl (C=O) groups excluding carboxylic acids is 2. The number of carbonyl (C=O) groups is 2. The van der Waals surface area contributed by atoms with Gasteiger partial charge in [-0.25, -0.2) is 4.79 Å². The van der Waals surface area contributed by atoms with Crippen LogP contribution in [0, 0.1) is 0 Å². The molecular formula is C26H27BrN4O3. The number of benzene rings is 2. The lowest BCUT2D eigenvalue weighted by atomic mass is 9.81. The summed E-state index contributed by atoms with van der Waals surface area (Å²) in [7, 11) is 0. The van der Waals surface area contributed by atoms with Gasteiger partial charge in [0.25, 0.3) is 5.91 Å². The monoisotopic (exact) mass is 522 g/mol. The van der Waals surface area contributed by atoms with Crippen molar-refractivity contribution in [1.29, 1.82) is 0 Å². The van der Waals surface area contributed by atoms with Gasteiger partial charge < -0.3 is 15.4 Å². The number of imide groups is 1. The van der Waals surface area contributed by atoms with Gasteiger partial charge in [-0.1, -0.05) is 28.1 Å². The van der Waals surface area contributed by atoms with Gasteiger partial charge in [0.1, 0.15) is 17.3 Å². The van der Waals surface area contributed by atoms with Crippen molar-refractivity contribution in [2.24, 2.45) is 0 Å². The molecule has 6 rings (SSSR count). The molecule has 1 saturated carbocycles. The van der Waals surface area contributed by atoms with Gasteiger partial charge in [-0.2, -0.15) is 0 Å². The minimum atomic E-state index is -0.998. The van der Waals surface area contributed by atoms with Crippen molar-refractivity contribution >= 4 is 38.8 Å². The average molecular weight is 523 g/mol. The maximum Gasteiger partial charge on any atom is 0.328 e. The van der Waals surface area contributed by atoms with E-state index in [1.165, 1.54) is 17.7 Å². The molecule has 1 saturated heterocycles. The van der Waals surface area contributed by atoms with E-state index < -0.39 is 11.6 Å². The predicted molar refractivity (Wildman–Crippen MR) is 133 cm³/mol. The van der Waals surface area contributed by atoms with Gasteiger partial charge in [0.05, 0.1) is 0 Å². The number of hydrogen-bond acceptors (Lipinski definition) is 4. The van der Waals surface area contributed by atoms with Crippen molar-refractivity contribution in [2.75, 3.05) is 13.1 Å². The first-order valence-corrected chi connectivity index (χ1v) is 12.6. The highest BCUT2D eigenvalue weighted by Gasteiger charge is 2.60. The van der Waals surface area contributed by atoms with Crippen LogP contribution >= 0.6 is 15.9 Å². The lowest BCUT2D eigenvalue weighted by molar-refractivity contribution is -0.133. The molecule has 0 radical (unpaired) electrons. The summed E-state index contributed by atoms with van der Waals surface area (Å²) in [6.07, 6.45) is 3.59. The number of fused-ring (bicyclic) bond motifs is 4. The molecule has 2 aliphatic heterocycles. The minimum absolute atomic E-state index is 0.131. The first kappa shape index (κ1) is 21.7. The molecule has 3 aromatic rings. The molecule has 0 bridgehead atoms. The summed E-state index contributed by atoms with van der Waals surface area (Å²) in [5.74, 6) is -0.0183. The summed E-state index contributed by atoms with van der Waals surface area (Å²) in [6.45, 7) is 3.08. The summed E-state index contributed by atoms with van der Waals surface area (Å²) in [5, 5.41) is 14.7. The van der Waals surface area contributed by atoms with E-state index in [2.05, 4.69) is 32.3 Å². The molecule has 3 heterocycles. The number of rotatable bonds is 6. The van der Waals surface area contributed by atoms with Crippen LogP contribution in [-0.4, -0.2) is 56.5 Å². The first-order chi connectivity index (χ1) is 16.4. The summed E-state index contributed by atoms with van der Waals surface area (Å²) in [4.78, 5) is 34.2. The maximum absolute atomic E-state index is 13.8. The number of aromatic amines is 1. The van der Waals surface area contributed by atoms with Gasteiger partial charge in [-0.15, -0.1) is 0 Å². The van der Waals surface area contributed by atoms with E-state index >= 15 is 0 Å². The predicted octanol–water partition coefficient (Wildman–Crippen LogP) is 4.45. The second-order valence-corrected chi connectivity index (χ2v) is 10.8. The summed E-state index contributed by atoms with van der Waals surface area (Å²) in [6, 6.07) is 12.9. The minimum Gasteiger partial charge on any atom is -0.508 e. The van der Waals surface area contributed by atoms with E-state index in [-0.39, 0.29) is 17.7 Å². The number of aromatic nitrogens is 1. The van der Waals surface area contributed by atoms with Crippen molar-refractivity contribution in [3.63, 3.8) is 0 Å². The third kappa shape index (κ3) is 3.34. The topological polar surface area (TPSA) is 88.7 Å². The number of urea groups is 1. The zero-order valence-corrected chi connectivity index (χ0v) is 20.6. The zero-order valence-electron chi connectivity index (χ0n) is 19.0. The van der Waals surface area contributed by atoms with Crippen LogP contribution in [-0.2, 0) is 11.2 Å². The standard InChI is InChI=1S/C26H27BrN4O3/c1-26-14-20-19-13-16(27)6-9-21(19)29-22(20)23(15-4-2-5-18(32)12-15)31(26)25(34)30(24(26)33)11-3-10-28-17-7-8-17/h2,4-6,9,12-13,17,23,28-29,32H,3,7-8,10-11,14H2,1H3/t23-,26+/m1/s1. The number of phenols is 1. The Morgan fingerprint density at radius 2 is 2.03 bits per heavy atom. The molecule has 2 atom stereocenters. The summed E-state index contributed by atoms with van der Waals surface area (Å²) < 4.78 is 0.960. The molecule has 3 aliphatic rings. The molecule has 2 aromatic carbocycles. The molecular weight excluding hydrogens is 496 g/mol. The summed E-state index contributed by atoms with van der Waals surface area (Å²) >= 11 is 3.57. The first-order valence-electron chi connectivity index (χ1n) is 11.8. The Morgan fingerprint density at radius 1 is 1.21 bits per heavy atom. The van der Waals surface area contributed by atoms with E-state index in [1.54, 1.807) is 23.1 Å².